The van der Waals surface area contributed by atoms with Crippen molar-refractivity contribution in [3.63, 3.8) is 0 Å². The van der Waals surface area contributed by atoms with E-state index in [0.29, 0.717) is 6.42 Å². The molecule has 22 heavy (non-hydrogen) atoms. The number of sulfone groups is 1. The fourth-order valence-corrected chi connectivity index (χ4v) is 2.79. The van der Waals surface area contributed by atoms with Gasteiger partial charge in [0.25, 0.3) is 0 Å². The lowest BCUT2D eigenvalue weighted by atomic mass is 10.1. The molecule has 0 radical (unpaired) electrons. The number of carbonyl (C=O) groups is 1. The van der Waals surface area contributed by atoms with E-state index in [2.05, 4.69) is 21.2 Å². The van der Waals surface area contributed by atoms with Gasteiger partial charge in [0.05, 0.1) is 11.8 Å². The molecule has 0 aromatic heterocycles. The SMILES string of the molecule is CC(Cc1ccc(Br)cc1)NC(=O)C(N)CCS(C)(=O)=O.Cl. The van der Waals surface area contributed by atoms with Gasteiger partial charge in [0.2, 0.25) is 5.91 Å². The predicted octanol–water partition coefficient (Wildman–Crippen LogP) is 1.68. The zero-order chi connectivity index (χ0) is 16.0. The minimum atomic E-state index is -3.10. The molecule has 0 fully saturated rings. The highest BCUT2D eigenvalue weighted by molar-refractivity contribution is 9.10. The van der Waals surface area contributed by atoms with Crippen LogP contribution in [0.4, 0.5) is 0 Å². The quantitative estimate of drug-likeness (QED) is 0.712. The summed E-state index contributed by atoms with van der Waals surface area (Å²) in [4.78, 5) is 11.9. The van der Waals surface area contributed by atoms with E-state index in [1.807, 2.05) is 31.2 Å². The van der Waals surface area contributed by atoms with Crippen molar-refractivity contribution in [3.8, 4) is 0 Å². The zero-order valence-corrected chi connectivity index (χ0v) is 15.8. The Morgan fingerprint density at radius 2 is 1.86 bits per heavy atom. The van der Waals surface area contributed by atoms with Crippen LogP contribution in [0, 0.1) is 0 Å². The third-order valence-electron chi connectivity index (χ3n) is 2.98. The minimum Gasteiger partial charge on any atom is -0.352 e. The van der Waals surface area contributed by atoms with Crippen LogP contribution in [0.1, 0.15) is 18.9 Å². The summed E-state index contributed by atoms with van der Waals surface area (Å²) in [5, 5.41) is 2.81. The highest BCUT2D eigenvalue weighted by Crippen LogP contribution is 2.11. The summed E-state index contributed by atoms with van der Waals surface area (Å²) in [6, 6.07) is 6.99. The van der Waals surface area contributed by atoms with Crippen molar-refractivity contribution < 1.29 is 13.2 Å². The van der Waals surface area contributed by atoms with E-state index in [9.17, 15) is 13.2 Å². The molecule has 1 rings (SSSR count). The summed E-state index contributed by atoms with van der Waals surface area (Å²) in [6.07, 6.45) is 1.96. The Labute approximate surface area is 146 Å². The van der Waals surface area contributed by atoms with Gasteiger partial charge in [-0.25, -0.2) is 8.42 Å². The van der Waals surface area contributed by atoms with E-state index in [1.54, 1.807) is 0 Å². The molecule has 0 aliphatic heterocycles. The smallest absolute Gasteiger partial charge is 0.237 e. The number of amides is 1. The Hall–Kier alpha value is -0.630. The van der Waals surface area contributed by atoms with Crippen LogP contribution in [-0.4, -0.2) is 38.4 Å². The van der Waals surface area contributed by atoms with E-state index < -0.39 is 15.9 Å². The maximum atomic E-state index is 11.9. The van der Waals surface area contributed by atoms with Crippen LogP contribution in [0.3, 0.4) is 0 Å². The largest absolute Gasteiger partial charge is 0.352 e. The van der Waals surface area contributed by atoms with Crippen molar-refractivity contribution in [1.29, 1.82) is 0 Å². The first kappa shape index (κ1) is 21.4. The summed E-state index contributed by atoms with van der Waals surface area (Å²) in [6.45, 7) is 1.89. The Morgan fingerprint density at radius 3 is 2.36 bits per heavy atom. The number of benzene rings is 1. The van der Waals surface area contributed by atoms with Crippen molar-refractivity contribution in [3.05, 3.63) is 34.3 Å². The number of rotatable bonds is 7. The lowest BCUT2D eigenvalue weighted by Crippen LogP contribution is -2.45. The molecule has 0 aliphatic rings. The van der Waals surface area contributed by atoms with E-state index >= 15 is 0 Å². The molecule has 8 heteroatoms. The average Bonchev–Trinajstić information content (AvgIpc) is 2.37. The molecule has 5 nitrogen and oxygen atoms in total. The third-order valence-corrected chi connectivity index (χ3v) is 4.49. The van der Waals surface area contributed by atoms with Gasteiger partial charge in [-0.2, -0.15) is 0 Å². The molecule has 0 saturated heterocycles. The standard InChI is InChI=1S/C14H21BrN2O3S.ClH/c1-10(9-11-3-5-12(15)6-4-11)17-14(18)13(16)7-8-21(2,19)20;/h3-6,10,13H,7-9,16H2,1-2H3,(H,17,18);1H. The summed E-state index contributed by atoms with van der Waals surface area (Å²) in [5.74, 6) is -0.397. The van der Waals surface area contributed by atoms with Crippen LogP contribution in [0.2, 0.25) is 0 Å². The highest BCUT2D eigenvalue weighted by atomic mass is 79.9. The van der Waals surface area contributed by atoms with E-state index in [1.165, 1.54) is 0 Å². The van der Waals surface area contributed by atoms with Crippen LogP contribution in [0.25, 0.3) is 0 Å². The highest BCUT2D eigenvalue weighted by Gasteiger charge is 2.17. The zero-order valence-electron chi connectivity index (χ0n) is 12.6. The molecule has 0 saturated carbocycles. The molecule has 0 spiro atoms. The Balaban J connectivity index is 0.00000441. The van der Waals surface area contributed by atoms with Gasteiger partial charge in [-0.05, 0) is 37.5 Å². The number of nitrogens with two attached hydrogens (primary N) is 1. The monoisotopic (exact) mass is 412 g/mol. The Kier molecular flexibility index (Phi) is 9.22. The molecule has 0 heterocycles. The normalized spacial score (nSPS) is 13.8. The van der Waals surface area contributed by atoms with Crippen molar-refractivity contribution in [2.45, 2.75) is 31.8 Å². The fraction of sp³-hybridized carbons (Fsp3) is 0.500. The fourth-order valence-electron chi connectivity index (χ4n) is 1.85. The topological polar surface area (TPSA) is 89.3 Å². The summed E-state index contributed by atoms with van der Waals surface area (Å²) < 4.78 is 23.1. The van der Waals surface area contributed by atoms with E-state index in [-0.39, 0.29) is 36.5 Å². The van der Waals surface area contributed by atoms with Gasteiger partial charge in [-0.15, -0.1) is 12.4 Å². The first-order chi connectivity index (χ1) is 9.67. The molecule has 2 atom stereocenters. The summed E-state index contributed by atoms with van der Waals surface area (Å²) in [5.41, 5.74) is 6.81. The number of nitrogens with one attached hydrogen (secondary N) is 1. The van der Waals surface area contributed by atoms with Crippen LogP contribution in [0.15, 0.2) is 28.7 Å². The van der Waals surface area contributed by atoms with Crippen LogP contribution >= 0.6 is 28.3 Å². The molecule has 1 aromatic rings. The van der Waals surface area contributed by atoms with E-state index in [4.69, 9.17) is 5.73 Å². The predicted molar refractivity (Wildman–Crippen MR) is 95.0 cm³/mol. The molecule has 2 unspecified atom stereocenters. The van der Waals surface area contributed by atoms with Crippen molar-refractivity contribution in [1.82, 2.24) is 5.32 Å². The van der Waals surface area contributed by atoms with Gasteiger partial charge in [0, 0.05) is 16.8 Å². The molecular formula is C14H22BrClN2O3S. The van der Waals surface area contributed by atoms with Crippen LogP contribution < -0.4 is 11.1 Å². The molecule has 126 valence electrons. The van der Waals surface area contributed by atoms with Gasteiger partial charge >= 0.3 is 0 Å². The maximum absolute atomic E-state index is 11.9. The molecular weight excluding hydrogens is 392 g/mol. The second kappa shape index (κ2) is 9.50. The maximum Gasteiger partial charge on any atom is 0.237 e. The van der Waals surface area contributed by atoms with Crippen molar-refractivity contribution >= 4 is 44.1 Å². The number of hydrogen-bond donors (Lipinski definition) is 2. The third kappa shape index (κ3) is 8.73. The van der Waals surface area contributed by atoms with Crippen molar-refractivity contribution in [2.24, 2.45) is 5.73 Å². The summed E-state index contributed by atoms with van der Waals surface area (Å²) >= 11 is 3.37. The minimum absolute atomic E-state index is 0. The van der Waals surface area contributed by atoms with Gasteiger partial charge in [0.15, 0.2) is 0 Å². The average molecular weight is 414 g/mol. The lowest BCUT2D eigenvalue weighted by Gasteiger charge is -2.17. The molecule has 3 N–H and O–H groups in total. The number of halogens is 2. The second-order valence-corrected chi connectivity index (χ2v) is 8.44. The first-order valence-electron chi connectivity index (χ1n) is 6.65. The first-order valence-corrected chi connectivity index (χ1v) is 9.51. The summed E-state index contributed by atoms with van der Waals surface area (Å²) in [7, 11) is -3.10. The Bertz CT molecular complexity index is 578. The van der Waals surface area contributed by atoms with Gasteiger partial charge in [-0.1, -0.05) is 28.1 Å². The number of carbonyl (C=O) groups excluding carboxylic acids is 1. The van der Waals surface area contributed by atoms with Gasteiger partial charge in [0.1, 0.15) is 9.84 Å². The second-order valence-electron chi connectivity index (χ2n) is 5.27. The molecule has 0 aliphatic carbocycles. The molecule has 1 amide bonds. The van der Waals surface area contributed by atoms with Crippen molar-refractivity contribution in [2.75, 3.05) is 12.0 Å². The van der Waals surface area contributed by atoms with Crippen LogP contribution in [-0.2, 0) is 21.1 Å². The lowest BCUT2D eigenvalue weighted by molar-refractivity contribution is -0.122. The Morgan fingerprint density at radius 1 is 1.32 bits per heavy atom. The molecule has 1 aromatic carbocycles. The number of hydrogen-bond acceptors (Lipinski definition) is 4. The molecule has 0 bridgehead atoms. The van der Waals surface area contributed by atoms with Crippen LogP contribution in [0.5, 0.6) is 0 Å². The van der Waals surface area contributed by atoms with E-state index in [0.717, 1.165) is 16.3 Å². The van der Waals surface area contributed by atoms with Gasteiger partial charge in [-0.3, -0.25) is 4.79 Å². The van der Waals surface area contributed by atoms with Gasteiger partial charge < -0.3 is 11.1 Å².